The summed E-state index contributed by atoms with van der Waals surface area (Å²) in [5.74, 6) is -2.50. The molecular formula is C28H36ClN3O5. The van der Waals surface area contributed by atoms with Crippen LogP contribution in [0.25, 0.3) is 0 Å². The normalized spacial score (nSPS) is 21.2. The smallest absolute Gasteiger partial charge is 0.252 e. The van der Waals surface area contributed by atoms with Gasteiger partial charge in [0, 0.05) is 23.2 Å². The molecule has 3 rings (SSSR count). The first kappa shape index (κ1) is 28.6. The molecule has 1 aliphatic heterocycles. The third kappa shape index (κ3) is 7.09. The molecule has 2 aromatic rings. The van der Waals surface area contributed by atoms with Crippen LogP contribution in [0.1, 0.15) is 49.2 Å². The summed E-state index contributed by atoms with van der Waals surface area (Å²) in [4.78, 5) is 39.8. The second kappa shape index (κ2) is 12.1. The number of rotatable bonds is 9. The van der Waals surface area contributed by atoms with E-state index in [0.717, 1.165) is 5.56 Å². The third-order valence-corrected chi connectivity index (χ3v) is 6.85. The van der Waals surface area contributed by atoms with Gasteiger partial charge in [-0.25, -0.2) is 0 Å². The average Bonchev–Trinajstić information content (AvgIpc) is 3.23. The molecule has 5 atom stereocenters. The average molecular weight is 530 g/mol. The zero-order valence-electron chi connectivity index (χ0n) is 21.6. The molecule has 0 spiro atoms. The van der Waals surface area contributed by atoms with Crippen molar-refractivity contribution in [1.82, 2.24) is 16.0 Å². The van der Waals surface area contributed by atoms with Crippen LogP contribution in [0.4, 0.5) is 0 Å². The van der Waals surface area contributed by atoms with E-state index in [0.29, 0.717) is 12.0 Å². The maximum Gasteiger partial charge on any atom is 0.252 e. The molecule has 37 heavy (non-hydrogen) atoms. The van der Waals surface area contributed by atoms with E-state index in [4.69, 9.17) is 11.6 Å². The molecular weight excluding hydrogens is 494 g/mol. The molecule has 5 N–H and O–H groups in total. The molecule has 0 bridgehead atoms. The van der Waals surface area contributed by atoms with Gasteiger partial charge in [0.05, 0.1) is 23.4 Å². The number of carbonyl (C=O) groups is 3. The van der Waals surface area contributed by atoms with Gasteiger partial charge in [-0.15, -0.1) is 11.6 Å². The van der Waals surface area contributed by atoms with Gasteiger partial charge in [0.1, 0.15) is 11.9 Å². The Bertz CT molecular complexity index is 1120. The number of hydrogen-bond acceptors (Lipinski definition) is 6. The zero-order valence-corrected chi connectivity index (χ0v) is 22.4. The van der Waals surface area contributed by atoms with Gasteiger partial charge in [-0.1, -0.05) is 43.3 Å². The summed E-state index contributed by atoms with van der Waals surface area (Å²) in [6, 6.07) is 11.9. The molecule has 0 saturated carbocycles. The fourth-order valence-corrected chi connectivity index (χ4v) is 5.02. The molecule has 1 saturated heterocycles. The molecule has 0 aliphatic carbocycles. The van der Waals surface area contributed by atoms with Crippen LogP contribution >= 0.6 is 11.6 Å². The topological polar surface area (TPSA) is 128 Å². The van der Waals surface area contributed by atoms with Crippen LogP contribution in [0.5, 0.6) is 5.75 Å². The van der Waals surface area contributed by atoms with Crippen molar-refractivity contribution in [2.45, 2.75) is 69.6 Å². The zero-order chi connectivity index (χ0) is 27.3. The van der Waals surface area contributed by atoms with Crippen molar-refractivity contribution in [3.05, 3.63) is 65.2 Å². The van der Waals surface area contributed by atoms with Gasteiger partial charge >= 0.3 is 0 Å². The van der Waals surface area contributed by atoms with Crippen LogP contribution in [0.15, 0.2) is 48.5 Å². The van der Waals surface area contributed by atoms with Crippen LogP contribution in [-0.4, -0.2) is 63.5 Å². The lowest BCUT2D eigenvalue weighted by Gasteiger charge is -2.30. The molecule has 1 heterocycles. The van der Waals surface area contributed by atoms with Crippen molar-refractivity contribution in [3.63, 3.8) is 0 Å². The largest absolute Gasteiger partial charge is 0.508 e. The summed E-state index contributed by atoms with van der Waals surface area (Å²) >= 11 is 6.46. The van der Waals surface area contributed by atoms with Gasteiger partial charge in [-0.3, -0.25) is 14.4 Å². The van der Waals surface area contributed by atoms with Gasteiger partial charge in [0.2, 0.25) is 5.91 Å². The molecule has 1 aliphatic rings. The number of benzene rings is 2. The molecule has 2 amide bonds. The fourth-order valence-electron chi connectivity index (χ4n) is 4.66. The van der Waals surface area contributed by atoms with Crippen molar-refractivity contribution in [2.24, 2.45) is 5.92 Å². The lowest BCUT2D eigenvalue weighted by atomic mass is 9.86. The minimum absolute atomic E-state index is 0.00102. The van der Waals surface area contributed by atoms with E-state index in [9.17, 15) is 24.6 Å². The highest BCUT2D eigenvalue weighted by molar-refractivity contribution is 6.23. The number of nitrogens with one attached hydrogen (secondary N) is 3. The number of phenols is 1. The van der Waals surface area contributed by atoms with E-state index in [2.05, 4.69) is 16.0 Å². The number of phenolic OH excluding ortho intramolecular Hbond substituents is 1. The minimum atomic E-state index is -1.62. The van der Waals surface area contributed by atoms with Crippen molar-refractivity contribution in [1.29, 1.82) is 0 Å². The number of aromatic hydroxyl groups is 1. The first-order chi connectivity index (χ1) is 17.4. The van der Waals surface area contributed by atoms with Crippen LogP contribution in [0.2, 0.25) is 0 Å². The van der Waals surface area contributed by atoms with Crippen molar-refractivity contribution in [3.8, 4) is 5.75 Å². The van der Waals surface area contributed by atoms with E-state index in [1.54, 1.807) is 12.1 Å². The molecule has 0 aromatic heterocycles. The number of Topliss-reactive ketones (excluding diaryl/α,β-unsaturated/α-hetero) is 1. The molecule has 8 nitrogen and oxygen atoms in total. The highest BCUT2D eigenvalue weighted by Gasteiger charge is 2.47. The monoisotopic (exact) mass is 529 g/mol. The van der Waals surface area contributed by atoms with E-state index >= 15 is 0 Å². The van der Waals surface area contributed by atoms with E-state index in [-0.39, 0.29) is 30.2 Å². The Morgan fingerprint density at radius 3 is 2.41 bits per heavy atom. The number of hydrogen-bond donors (Lipinski definition) is 5. The van der Waals surface area contributed by atoms with Gasteiger partial charge in [-0.2, -0.15) is 0 Å². The number of carbonyl (C=O) groups excluding carboxylic acids is 3. The van der Waals surface area contributed by atoms with E-state index in [1.165, 1.54) is 6.07 Å². The second-order valence-electron chi connectivity index (χ2n) is 10.4. The molecule has 1 fully saturated rings. The van der Waals surface area contributed by atoms with E-state index in [1.807, 2.05) is 58.0 Å². The van der Waals surface area contributed by atoms with Gasteiger partial charge in [0.25, 0.3) is 5.91 Å². The summed E-state index contributed by atoms with van der Waals surface area (Å²) in [5.41, 5.74) is 1.02. The summed E-state index contributed by atoms with van der Waals surface area (Å²) in [6.45, 7) is 7.55. The molecule has 2 aromatic carbocycles. The summed E-state index contributed by atoms with van der Waals surface area (Å²) in [6.07, 6.45) is -1.03. The highest BCUT2D eigenvalue weighted by atomic mass is 35.5. The van der Waals surface area contributed by atoms with Crippen LogP contribution in [-0.2, 0) is 22.4 Å². The van der Waals surface area contributed by atoms with Crippen LogP contribution in [0, 0.1) is 5.92 Å². The maximum atomic E-state index is 13.6. The molecule has 1 unspecified atom stereocenters. The quantitative estimate of drug-likeness (QED) is 0.317. The Morgan fingerprint density at radius 2 is 1.78 bits per heavy atom. The summed E-state index contributed by atoms with van der Waals surface area (Å²) in [5, 5.41) is 29.4. The SMILES string of the molecule is CCc1c(O)cccc1C(=O)N[C@@H](Cc1ccccc1)[C@H](O)C(=O)C1[C@H](Cl)CN[C@@H]1C(=O)NC(C)(C)C. The van der Waals surface area contributed by atoms with Crippen LogP contribution in [0.3, 0.4) is 0 Å². The number of ketones is 1. The van der Waals surface area contributed by atoms with Gasteiger partial charge in [-0.05, 0) is 51.3 Å². The predicted octanol–water partition coefficient (Wildman–Crippen LogP) is 2.34. The lowest BCUT2D eigenvalue weighted by molar-refractivity contribution is -0.136. The summed E-state index contributed by atoms with van der Waals surface area (Å²) < 4.78 is 0. The number of alkyl halides is 1. The van der Waals surface area contributed by atoms with Gasteiger partial charge < -0.3 is 26.2 Å². The molecule has 200 valence electrons. The second-order valence-corrected chi connectivity index (χ2v) is 11.0. The van der Waals surface area contributed by atoms with Crippen molar-refractivity contribution >= 4 is 29.2 Å². The number of aliphatic hydroxyl groups is 1. The fraction of sp³-hybridized carbons (Fsp3) is 0.464. The Labute approximate surface area is 222 Å². The van der Waals surface area contributed by atoms with Gasteiger partial charge in [0.15, 0.2) is 5.78 Å². The highest BCUT2D eigenvalue weighted by Crippen LogP contribution is 2.27. The summed E-state index contributed by atoms with van der Waals surface area (Å²) in [7, 11) is 0. The number of halogens is 1. The Morgan fingerprint density at radius 1 is 1.11 bits per heavy atom. The first-order valence-corrected chi connectivity index (χ1v) is 12.9. The van der Waals surface area contributed by atoms with Crippen LogP contribution < -0.4 is 16.0 Å². The Balaban J connectivity index is 1.89. The maximum absolute atomic E-state index is 13.6. The van der Waals surface area contributed by atoms with Crippen molar-refractivity contribution < 1.29 is 24.6 Å². The first-order valence-electron chi connectivity index (χ1n) is 12.5. The molecule has 9 heteroatoms. The number of amides is 2. The standard InChI is InChI=1S/C28H36ClN3O5/c1-5-17-18(12-9-13-21(17)33)26(36)31-20(14-16-10-7-6-8-11-16)24(34)25(35)22-19(29)15-30-23(22)27(37)32-28(2,3)4/h6-13,19-20,22-24,30,33-34H,5,14-15H2,1-4H3,(H,31,36)(H,32,37)/t19-,20+,22?,23+,24+/m1/s1. The Hall–Kier alpha value is -2.94. The van der Waals surface area contributed by atoms with E-state index < -0.39 is 46.7 Å². The Kier molecular flexibility index (Phi) is 9.34. The lowest BCUT2D eigenvalue weighted by Crippen LogP contribution is -2.56. The molecule has 0 radical (unpaired) electrons. The predicted molar refractivity (Wildman–Crippen MR) is 143 cm³/mol. The minimum Gasteiger partial charge on any atom is -0.508 e. The number of aliphatic hydroxyl groups excluding tert-OH is 1. The third-order valence-electron chi connectivity index (χ3n) is 6.43. The van der Waals surface area contributed by atoms with Crippen molar-refractivity contribution in [2.75, 3.05) is 6.54 Å².